The summed E-state index contributed by atoms with van der Waals surface area (Å²) in [6.07, 6.45) is 0.739. The van der Waals surface area contributed by atoms with Crippen LogP contribution in [-0.4, -0.2) is 36.5 Å². The van der Waals surface area contributed by atoms with Crippen LogP contribution >= 0.6 is 15.9 Å². The fraction of sp³-hybridized carbons (Fsp3) is 0.462. The Labute approximate surface area is 130 Å². The minimum Gasteiger partial charge on any atom is -0.490 e. The maximum atomic E-state index is 11.0. The molecule has 1 aromatic rings. The Hall–Kier alpha value is -1.83. The van der Waals surface area contributed by atoms with Crippen LogP contribution in [0.15, 0.2) is 18.2 Å². The summed E-state index contributed by atoms with van der Waals surface area (Å²) >= 11 is 3.22. The average molecular weight is 362 g/mol. The highest BCUT2D eigenvalue weighted by atomic mass is 79.9. The maximum Gasteiger partial charge on any atom is 0.305 e. The zero-order chi connectivity index (χ0) is 15.7. The first-order valence-corrected chi connectivity index (χ1v) is 7.37. The highest BCUT2D eigenvalue weighted by Gasteiger charge is 2.13. The van der Waals surface area contributed by atoms with Crippen molar-refractivity contribution >= 4 is 27.6 Å². The molecule has 0 aliphatic rings. The molecule has 0 aliphatic carbocycles. The molecule has 1 aromatic carbocycles. The first kappa shape index (κ1) is 17.2. The van der Waals surface area contributed by atoms with Gasteiger partial charge in [-0.25, -0.2) is 0 Å². The normalized spacial score (nSPS) is 10.0. The number of nitro groups is 1. The highest BCUT2D eigenvalue weighted by molar-refractivity contribution is 9.09. The molecule has 0 saturated heterocycles. The minimum absolute atomic E-state index is 0.0681. The lowest BCUT2D eigenvalue weighted by molar-refractivity contribution is -0.385. The third-order valence-electron chi connectivity index (χ3n) is 2.48. The number of nitro benzene ring substituents is 1. The van der Waals surface area contributed by atoms with Gasteiger partial charge < -0.3 is 14.2 Å². The van der Waals surface area contributed by atoms with Crippen LogP contribution in [0, 0.1) is 10.1 Å². The number of carbonyl (C=O) groups is 1. The molecule has 116 valence electrons. The van der Waals surface area contributed by atoms with Crippen molar-refractivity contribution in [2.24, 2.45) is 0 Å². The second-order valence-electron chi connectivity index (χ2n) is 3.95. The number of methoxy groups -OCH3 is 1. The molecule has 0 N–H and O–H groups in total. The monoisotopic (exact) mass is 361 g/mol. The van der Waals surface area contributed by atoms with Crippen LogP contribution in [0.5, 0.6) is 11.5 Å². The van der Waals surface area contributed by atoms with Crippen LogP contribution in [-0.2, 0) is 9.53 Å². The number of carbonyl (C=O) groups excluding carboxylic acids is 1. The summed E-state index contributed by atoms with van der Waals surface area (Å²) in [7, 11) is 1.33. The van der Waals surface area contributed by atoms with E-state index in [0.717, 1.165) is 0 Å². The van der Waals surface area contributed by atoms with Gasteiger partial charge in [0.15, 0.2) is 11.5 Å². The summed E-state index contributed by atoms with van der Waals surface area (Å²) in [6, 6.07) is 4.15. The molecule has 0 atom stereocenters. The predicted octanol–water partition coefficient (Wildman–Crippen LogP) is 2.70. The molecular formula is C13H16BrNO6. The van der Waals surface area contributed by atoms with Crippen molar-refractivity contribution in [2.75, 3.05) is 25.7 Å². The van der Waals surface area contributed by atoms with Crippen LogP contribution in [0.4, 0.5) is 5.69 Å². The topological polar surface area (TPSA) is 87.9 Å². The van der Waals surface area contributed by atoms with Gasteiger partial charge in [-0.1, -0.05) is 15.9 Å². The van der Waals surface area contributed by atoms with Gasteiger partial charge in [0.1, 0.15) is 0 Å². The van der Waals surface area contributed by atoms with E-state index >= 15 is 0 Å². The van der Waals surface area contributed by atoms with E-state index in [1.54, 1.807) is 0 Å². The number of benzene rings is 1. The van der Waals surface area contributed by atoms with Gasteiger partial charge in [0.2, 0.25) is 0 Å². The first-order valence-electron chi connectivity index (χ1n) is 6.25. The third kappa shape index (κ3) is 5.99. The van der Waals surface area contributed by atoms with Gasteiger partial charge in [0, 0.05) is 17.8 Å². The van der Waals surface area contributed by atoms with Crippen LogP contribution in [0.3, 0.4) is 0 Å². The molecule has 0 bridgehead atoms. The number of rotatable bonds is 9. The zero-order valence-electron chi connectivity index (χ0n) is 11.5. The summed E-state index contributed by atoms with van der Waals surface area (Å²) in [4.78, 5) is 21.2. The molecule has 0 aliphatic heterocycles. The van der Waals surface area contributed by atoms with Gasteiger partial charge in [0.25, 0.3) is 5.69 Å². The van der Waals surface area contributed by atoms with Crippen LogP contribution in [0.2, 0.25) is 0 Å². The van der Waals surface area contributed by atoms with Gasteiger partial charge in [-0.3, -0.25) is 14.9 Å². The number of non-ortho nitro benzene ring substituents is 1. The fourth-order valence-corrected chi connectivity index (χ4v) is 1.65. The largest absolute Gasteiger partial charge is 0.490 e. The Morgan fingerprint density at radius 1 is 1.29 bits per heavy atom. The number of esters is 1. The van der Waals surface area contributed by atoms with E-state index in [1.807, 2.05) is 0 Å². The number of nitrogens with zero attached hydrogens (tertiary/aromatic N) is 1. The Morgan fingerprint density at radius 2 is 2.00 bits per heavy atom. The van der Waals surface area contributed by atoms with Crippen molar-refractivity contribution in [3.8, 4) is 11.5 Å². The van der Waals surface area contributed by atoms with E-state index in [-0.39, 0.29) is 24.7 Å². The number of hydrogen-bond acceptors (Lipinski definition) is 6. The van der Waals surface area contributed by atoms with E-state index in [0.29, 0.717) is 29.9 Å². The molecule has 7 nitrogen and oxygen atoms in total. The third-order valence-corrected chi connectivity index (χ3v) is 2.81. The quantitative estimate of drug-likeness (QED) is 0.221. The lowest BCUT2D eigenvalue weighted by Crippen LogP contribution is -2.06. The Balaban J connectivity index is 2.66. The zero-order valence-corrected chi connectivity index (χ0v) is 13.1. The molecule has 0 unspecified atom stereocenters. The summed E-state index contributed by atoms with van der Waals surface area (Å²) in [5.41, 5.74) is -0.0681. The molecule has 0 fully saturated rings. The highest BCUT2D eigenvalue weighted by Crippen LogP contribution is 2.31. The van der Waals surface area contributed by atoms with Gasteiger partial charge >= 0.3 is 5.97 Å². The molecule has 21 heavy (non-hydrogen) atoms. The molecule has 8 heteroatoms. The molecule has 0 radical (unpaired) electrons. The standard InChI is InChI=1S/C13H16BrNO6/c1-19-13(16)3-2-7-20-11-5-4-10(15(17)18)9-12(11)21-8-6-14/h4-5,9H,2-3,6-8H2,1H3. The molecule has 0 amide bonds. The van der Waals surface area contributed by atoms with E-state index in [2.05, 4.69) is 20.7 Å². The number of alkyl halides is 1. The minimum atomic E-state index is -0.498. The average Bonchev–Trinajstić information content (AvgIpc) is 2.49. The lowest BCUT2D eigenvalue weighted by Gasteiger charge is -2.11. The molecule has 1 rings (SSSR count). The van der Waals surface area contributed by atoms with Gasteiger partial charge in [0.05, 0.1) is 31.3 Å². The SMILES string of the molecule is COC(=O)CCCOc1ccc([N+](=O)[O-])cc1OCCBr. The Morgan fingerprint density at radius 3 is 2.62 bits per heavy atom. The van der Waals surface area contributed by atoms with E-state index in [1.165, 1.54) is 25.3 Å². The molecular weight excluding hydrogens is 346 g/mol. The van der Waals surface area contributed by atoms with E-state index in [4.69, 9.17) is 9.47 Å². The molecule has 0 aromatic heterocycles. The Bertz CT molecular complexity index is 494. The molecule has 0 spiro atoms. The lowest BCUT2D eigenvalue weighted by atomic mass is 10.2. The van der Waals surface area contributed by atoms with Gasteiger partial charge in [-0.2, -0.15) is 0 Å². The van der Waals surface area contributed by atoms with Gasteiger partial charge in [-0.15, -0.1) is 0 Å². The first-order chi connectivity index (χ1) is 10.1. The maximum absolute atomic E-state index is 11.0. The second kappa shape index (κ2) is 9.17. The van der Waals surface area contributed by atoms with Crippen LogP contribution in [0.1, 0.15) is 12.8 Å². The molecule has 0 saturated carbocycles. The van der Waals surface area contributed by atoms with Crippen molar-refractivity contribution in [3.63, 3.8) is 0 Å². The van der Waals surface area contributed by atoms with Crippen molar-refractivity contribution in [1.82, 2.24) is 0 Å². The van der Waals surface area contributed by atoms with Gasteiger partial charge in [-0.05, 0) is 12.5 Å². The summed E-state index contributed by atoms with van der Waals surface area (Å²) < 4.78 is 15.4. The van der Waals surface area contributed by atoms with Crippen LogP contribution < -0.4 is 9.47 Å². The van der Waals surface area contributed by atoms with Crippen molar-refractivity contribution in [1.29, 1.82) is 0 Å². The van der Waals surface area contributed by atoms with E-state index in [9.17, 15) is 14.9 Å². The summed E-state index contributed by atoms with van der Waals surface area (Å²) in [5.74, 6) is 0.409. The van der Waals surface area contributed by atoms with Crippen LogP contribution in [0.25, 0.3) is 0 Å². The number of ether oxygens (including phenoxy) is 3. The van der Waals surface area contributed by atoms with Crippen molar-refractivity contribution in [2.45, 2.75) is 12.8 Å². The fourth-order valence-electron chi connectivity index (χ4n) is 1.49. The smallest absolute Gasteiger partial charge is 0.305 e. The van der Waals surface area contributed by atoms with Crippen molar-refractivity contribution in [3.05, 3.63) is 28.3 Å². The Kier molecular flexibility index (Phi) is 7.52. The molecule has 0 heterocycles. The summed E-state index contributed by atoms with van der Waals surface area (Å²) in [5, 5.41) is 11.3. The number of hydrogen-bond donors (Lipinski definition) is 0. The summed E-state index contributed by atoms with van der Waals surface area (Å²) in [6.45, 7) is 0.650. The predicted molar refractivity (Wildman–Crippen MR) is 79.1 cm³/mol. The van der Waals surface area contributed by atoms with Crippen molar-refractivity contribution < 1.29 is 23.9 Å². The van der Waals surface area contributed by atoms with E-state index < -0.39 is 4.92 Å². The number of halogens is 1. The second-order valence-corrected chi connectivity index (χ2v) is 4.75.